The molecule has 0 aliphatic rings. The lowest BCUT2D eigenvalue weighted by Gasteiger charge is -2.00. The summed E-state index contributed by atoms with van der Waals surface area (Å²) in [4.78, 5) is 21.9. The fraction of sp³-hybridized carbons (Fsp3) is 0.312. The maximum Gasteiger partial charge on any atom is 0.269 e. The Kier molecular flexibility index (Phi) is 4.11. The second-order valence-corrected chi connectivity index (χ2v) is 5.72. The minimum atomic E-state index is -0.406. The second-order valence-electron chi connectivity index (χ2n) is 5.72. The van der Waals surface area contributed by atoms with Crippen LogP contribution < -0.4 is 0 Å². The van der Waals surface area contributed by atoms with Crippen LogP contribution >= 0.6 is 0 Å². The highest BCUT2D eigenvalue weighted by Crippen LogP contribution is 2.17. The summed E-state index contributed by atoms with van der Waals surface area (Å²) in [7, 11) is 0. The number of carbonyl (C=O) groups excluding carboxylic acids is 1. The summed E-state index contributed by atoms with van der Waals surface area (Å²) in [5, 5.41) is 22.0. The van der Waals surface area contributed by atoms with E-state index in [0.717, 1.165) is 29.9 Å². The third-order valence-electron chi connectivity index (χ3n) is 3.97. The molecule has 0 unspecified atom stereocenters. The molecule has 0 amide bonds. The van der Waals surface area contributed by atoms with Crippen LogP contribution in [0.3, 0.4) is 0 Å². The highest BCUT2D eigenvalue weighted by molar-refractivity contribution is 6.00. The SMILES string of the molecule is CC(=O)c1c(C)[nH]n2c(CCCc3ccc([N+](=O)[O-])cc3)nnc12. The monoisotopic (exact) mass is 327 g/mol. The molecule has 3 rings (SSSR count). The molecule has 1 N–H and O–H groups in total. The Morgan fingerprint density at radius 2 is 1.96 bits per heavy atom. The average molecular weight is 327 g/mol. The van der Waals surface area contributed by atoms with Crippen molar-refractivity contribution in [3.05, 3.63) is 57.0 Å². The molecule has 0 bridgehead atoms. The number of non-ortho nitro benzene ring substituents is 1. The summed E-state index contributed by atoms with van der Waals surface area (Å²) in [6.07, 6.45) is 2.30. The van der Waals surface area contributed by atoms with Crippen LogP contribution in [0.5, 0.6) is 0 Å². The zero-order valence-electron chi connectivity index (χ0n) is 13.4. The Morgan fingerprint density at radius 1 is 1.25 bits per heavy atom. The van der Waals surface area contributed by atoms with Crippen LogP contribution in [0.2, 0.25) is 0 Å². The number of carbonyl (C=O) groups is 1. The quantitative estimate of drug-likeness (QED) is 0.425. The van der Waals surface area contributed by atoms with E-state index in [1.165, 1.54) is 19.1 Å². The molecule has 0 spiro atoms. The fourth-order valence-corrected chi connectivity index (χ4v) is 2.81. The van der Waals surface area contributed by atoms with E-state index in [0.29, 0.717) is 17.6 Å². The van der Waals surface area contributed by atoms with Gasteiger partial charge in [0.25, 0.3) is 5.69 Å². The Balaban J connectivity index is 1.69. The number of nitro benzene ring substituents is 1. The van der Waals surface area contributed by atoms with Gasteiger partial charge in [0.05, 0.1) is 10.5 Å². The summed E-state index contributed by atoms with van der Waals surface area (Å²) in [5.41, 5.74) is 3.04. The maximum absolute atomic E-state index is 11.7. The number of nitrogens with zero attached hydrogens (tertiary/aromatic N) is 4. The minimum absolute atomic E-state index is 0.0384. The average Bonchev–Trinajstić information content (AvgIpc) is 3.06. The first kappa shape index (κ1) is 15.9. The number of Topliss-reactive ketones (excluding diaryl/α,β-unsaturated/α-hetero) is 1. The van der Waals surface area contributed by atoms with Gasteiger partial charge < -0.3 is 0 Å². The highest BCUT2D eigenvalue weighted by atomic mass is 16.6. The van der Waals surface area contributed by atoms with Gasteiger partial charge in [-0.25, -0.2) is 4.52 Å². The van der Waals surface area contributed by atoms with Crippen LogP contribution in [-0.4, -0.2) is 30.5 Å². The van der Waals surface area contributed by atoms with E-state index in [2.05, 4.69) is 15.3 Å². The first-order valence-electron chi connectivity index (χ1n) is 7.64. The molecule has 0 aliphatic carbocycles. The number of nitro groups is 1. The van der Waals surface area contributed by atoms with Crippen molar-refractivity contribution in [2.75, 3.05) is 0 Å². The smallest absolute Gasteiger partial charge is 0.269 e. The Bertz CT molecular complexity index is 908. The summed E-state index contributed by atoms with van der Waals surface area (Å²) in [5.74, 6) is 0.728. The number of ketones is 1. The van der Waals surface area contributed by atoms with Crippen molar-refractivity contribution in [3.63, 3.8) is 0 Å². The largest absolute Gasteiger partial charge is 0.295 e. The number of fused-ring (bicyclic) bond motifs is 1. The number of aromatic amines is 1. The van der Waals surface area contributed by atoms with E-state index in [-0.39, 0.29) is 11.5 Å². The molecule has 0 saturated heterocycles. The zero-order valence-corrected chi connectivity index (χ0v) is 13.4. The molecule has 3 aromatic rings. The Hall–Kier alpha value is -3.03. The minimum Gasteiger partial charge on any atom is -0.295 e. The number of hydrogen-bond donors (Lipinski definition) is 1. The predicted octanol–water partition coefficient (Wildman–Crippen LogP) is 2.65. The molecule has 0 atom stereocenters. The number of hydrogen-bond acceptors (Lipinski definition) is 5. The van der Waals surface area contributed by atoms with Crippen LogP contribution in [0.1, 0.15) is 40.8 Å². The van der Waals surface area contributed by atoms with Crippen LogP contribution in [0.4, 0.5) is 5.69 Å². The topological polar surface area (TPSA) is 106 Å². The van der Waals surface area contributed by atoms with Crippen molar-refractivity contribution >= 4 is 17.1 Å². The van der Waals surface area contributed by atoms with Gasteiger partial charge >= 0.3 is 0 Å². The molecule has 8 nitrogen and oxygen atoms in total. The van der Waals surface area contributed by atoms with Crippen LogP contribution in [0.15, 0.2) is 24.3 Å². The van der Waals surface area contributed by atoms with Crippen molar-refractivity contribution in [2.24, 2.45) is 0 Å². The first-order chi connectivity index (χ1) is 11.5. The van der Waals surface area contributed by atoms with Gasteiger partial charge in [0.15, 0.2) is 17.3 Å². The summed E-state index contributed by atoms with van der Waals surface area (Å²) < 4.78 is 1.75. The van der Waals surface area contributed by atoms with Gasteiger partial charge in [0, 0.05) is 24.2 Å². The molecular weight excluding hydrogens is 310 g/mol. The Morgan fingerprint density at radius 3 is 2.58 bits per heavy atom. The van der Waals surface area contributed by atoms with Crippen molar-refractivity contribution in [3.8, 4) is 0 Å². The van der Waals surface area contributed by atoms with Crippen molar-refractivity contribution in [2.45, 2.75) is 33.1 Å². The molecular formula is C16H17N5O3. The van der Waals surface area contributed by atoms with Crippen molar-refractivity contribution < 1.29 is 9.72 Å². The molecule has 0 fully saturated rings. The number of rotatable bonds is 6. The van der Waals surface area contributed by atoms with Crippen molar-refractivity contribution in [1.82, 2.24) is 19.8 Å². The van der Waals surface area contributed by atoms with Gasteiger partial charge in [-0.2, -0.15) is 0 Å². The Labute approximate surface area is 137 Å². The van der Waals surface area contributed by atoms with E-state index in [9.17, 15) is 14.9 Å². The van der Waals surface area contributed by atoms with Gasteiger partial charge in [-0.1, -0.05) is 12.1 Å². The molecule has 0 aliphatic heterocycles. The molecule has 1 aromatic carbocycles. The standard InChI is InChI=1S/C16H17N5O3/c1-10-15(11(2)22)16-18-17-14(20(16)19-10)5-3-4-12-6-8-13(9-7-12)21(23)24/h6-9,19H,3-5H2,1-2H3. The lowest BCUT2D eigenvalue weighted by Crippen LogP contribution is -1.98. The van der Waals surface area contributed by atoms with E-state index in [1.807, 2.05) is 6.92 Å². The summed E-state index contributed by atoms with van der Waals surface area (Å²) >= 11 is 0. The van der Waals surface area contributed by atoms with E-state index < -0.39 is 4.92 Å². The van der Waals surface area contributed by atoms with Crippen LogP contribution in [-0.2, 0) is 12.8 Å². The third-order valence-corrected chi connectivity index (χ3v) is 3.97. The summed E-state index contributed by atoms with van der Waals surface area (Å²) in [6.45, 7) is 3.35. The second kappa shape index (κ2) is 6.23. The number of H-pyrrole nitrogens is 1. The third kappa shape index (κ3) is 2.90. The highest BCUT2D eigenvalue weighted by Gasteiger charge is 2.17. The molecule has 24 heavy (non-hydrogen) atoms. The lowest BCUT2D eigenvalue weighted by molar-refractivity contribution is -0.384. The van der Waals surface area contributed by atoms with Gasteiger partial charge in [-0.05, 0) is 32.3 Å². The number of aromatic nitrogens is 4. The number of nitrogens with one attached hydrogen (secondary N) is 1. The fourth-order valence-electron chi connectivity index (χ4n) is 2.81. The van der Waals surface area contributed by atoms with Gasteiger partial charge in [0.1, 0.15) is 0 Å². The molecule has 8 heteroatoms. The molecule has 124 valence electrons. The van der Waals surface area contributed by atoms with Gasteiger partial charge in [0.2, 0.25) is 0 Å². The van der Waals surface area contributed by atoms with E-state index >= 15 is 0 Å². The normalized spacial score (nSPS) is 11.1. The van der Waals surface area contributed by atoms with E-state index in [1.54, 1.807) is 16.6 Å². The molecule has 2 aromatic heterocycles. The maximum atomic E-state index is 11.7. The molecule has 0 radical (unpaired) electrons. The van der Waals surface area contributed by atoms with Crippen LogP contribution in [0.25, 0.3) is 5.65 Å². The van der Waals surface area contributed by atoms with Gasteiger partial charge in [-0.3, -0.25) is 20.0 Å². The molecule has 0 saturated carbocycles. The first-order valence-corrected chi connectivity index (χ1v) is 7.64. The summed E-state index contributed by atoms with van der Waals surface area (Å²) in [6, 6.07) is 6.56. The zero-order chi connectivity index (χ0) is 17.3. The van der Waals surface area contributed by atoms with E-state index in [4.69, 9.17) is 0 Å². The lowest BCUT2D eigenvalue weighted by atomic mass is 10.1. The number of aryl methyl sites for hydroxylation is 3. The van der Waals surface area contributed by atoms with Gasteiger partial charge in [-0.15, -0.1) is 10.2 Å². The van der Waals surface area contributed by atoms with Crippen molar-refractivity contribution in [1.29, 1.82) is 0 Å². The number of benzene rings is 1. The molecule has 2 heterocycles. The predicted molar refractivity (Wildman–Crippen MR) is 87.2 cm³/mol. The van der Waals surface area contributed by atoms with Crippen LogP contribution in [0, 0.1) is 17.0 Å².